The van der Waals surface area contributed by atoms with E-state index in [0.717, 1.165) is 18.4 Å². The number of carboxylic acids is 1. The van der Waals surface area contributed by atoms with Crippen molar-refractivity contribution in [1.82, 2.24) is 0 Å². The molecule has 5 aliphatic carbocycles. The zero-order chi connectivity index (χ0) is 26.7. The molecule has 0 amide bonds. The van der Waals surface area contributed by atoms with Gasteiger partial charge in [0, 0.05) is 22.7 Å². The molecule has 36 heavy (non-hydrogen) atoms. The molecule has 0 aromatic carbocycles. The van der Waals surface area contributed by atoms with Crippen LogP contribution in [0.4, 0.5) is 0 Å². The van der Waals surface area contributed by atoms with Crippen LogP contribution in [-0.4, -0.2) is 22.6 Å². The summed E-state index contributed by atoms with van der Waals surface area (Å²) in [7, 11) is 0. The lowest BCUT2D eigenvalue weighted by Gasteiger charge is -2.69. The summed E-state index contributed by atoms with van der Waals surface area (Å²) in [5.74, 6) is -2.10. The summed E-state index contributed by atoms with van der Waals surface area (Å²) >= 11 is 0. The fourth-order valence-corrected chi connectivity index (χ4v) is 9.97. The van der Waals surface area contributed by atoms with Crippen molar-refractivity contribution in [2.75, 3.05) is 0 Å². The van der Waals surface area contributed by atoms with E-state index in [-0.39, 0.29) is 28.3 Å². The minimum absolute atomic E-state index is 0.0109. The van der Waals surface area contributed by atoms with Gasteiger partial charge in [-0.1, -0.05) is 60.1 Å². The number of aliphatic carboxylic acids is 1. The Bertz CT molecular complexity index is 1170. The Kier molecular flexibility index (Phi) is 5.09. The van der Waals surface area contributed by atoms with Crippen LogP contribution in [0.5, 0.6) is 0 Å². The molecular formula is C31H41NO4. The second kappa shape index (κ2) is 7.21. The average molecular weight is 492 g/mol. The number of carboxylic acid groups (broad SMARTS) is 1. The van der Waals surface area contributed by atoms with Crippen molar-refractivity contribution in [3.05, 3.63) is 23.8 Å². The first-order valence-corrected chi connectivity index (χ1v) is 13.7. The average Bonchev–Trinajstić information content (AvgIpc) is 2.78. The highest BCUT2D eigenvalue weighted by atomic mass is 16.4. The zero-order valence-electron chi connectivity index (χ0n) is 22.9. The van der Waals surface area contributed by atoms with Gasteiger partial charge in [-0.2, -0.15) is 5.26 Å². The van der Waals surface area contributed by atoms with Crippen molar-refractivity contribution in [3.8, 4) is 6.07 Å². The van der Waals surface area contributed by atoms with Gasteiger partial charge in [-0.25, -0.2) is 0 Å². The van der Waals surface area contributed by atoms with Gasteiger partial charge in [-0.3, -0.25) is 14.4 Å². The van der Waals surface area contributed by atoms with Gasteiger partial charge < -0.3 is 5.11 Å². The first kappa shape index (κ1) is 25.4. The van der Waals surface area contributed by atoms with Crippen molar-refractivity contribution in [2.45, 2.75) is 87.0 Å². The molecule has 8 atom stereocenters. The summed E-state index contributed by atoms with van der Waals surface area (Å²) in [4.78, 5) is 40.0. The van der Waals surface area contributed by atoms with E-state index in [1.807, 2.05) is 26.0 Å². The SMILES string of the molecule is CC1(C)CC[C@]2(C(=O)O)CC[C@]3(C)[C@H](C(=O)C=C4[C@@]5(C)C=CC(=O)C(C)(C)[C@@H]5CC[C@]43C)[C@@H]2C1C#N. The van der Waals surface area contributed by atoms with E-state index in [1.165, 1.54) is 0 Å². The van der Waals surface area contributed by atoms with Gasteiger partial charge in [0.1, 0.15) is 0 Å². The number of carbonyl (C=O) groups is 3. The molecule has 5 aliphatic rings. The Hall–Kier alpha value is -2.22. The van der Waals surface area contributed by atoms with Crippen LogP contribution in [0.3, 0.4) is 0 Å². The molecular weight excluding hydrogens is 450 g/mol. The van der Waals surface area contributed by atoms with E-state index >= 15 is 0 Å². The Balaban J connectivity index is 1.73. The van der Waals surface area contributed by atoms with E-state index in [9.17, 15) is 24.8 Å². The molecule has 3 saturated carbocycles. The van der Waals surface area contributed by atoms with Crippen molar-refractivity contribution < 1.29 is 19.5 Å². The van der Waals surface area contributed by atoms with Crippen LogP contribution in [0, 0.1) is 67.5 Å². The van der Waals surface area contributed by atoms with Crippen LogP contribution in [0.1, 0.15) is 87.0 Å². The van der Waals surface area contributed by atoms with E-state index < -0.39 is 45.4 Å². The number of nitrogens with zero attached hydrogens (tertiary/aromatic N) is 1. The number of hydrogen-bond acceptors (Lipinski definition) is 4. The summed E-state index contributed by atoms with van der Waals surface area (Å²) in [6.07, 6.45) is 9.69. The molecule has 0 aliphatic heterocycles. The van der Waals surface area contributed by atoms with E-state index in [1.54, 1.807) is 6.08 Å². The highest BCUT2D eigenvalue weighted by molar-refractivity contribution is 5.98. The number of allylic oxidation sites excluding steroid dienone is 4. The van der Waals surface area contributed by atoms with Gasteiger partial charge in [0.2, 0.25) is 0 Å². The number of fused-ring (bicyclic) bond motifs is 7. The van der Waals surface area contributed by atoms with E-state index in [2.05, 4.69) is 40.7 Å². The lowest BCUT2D eigenvalue weighted by atomic mass is 9.33. The molecule has 0 heterocycles. The number of hydrogen-bond donors (Lipinski definition) is 1. The van der Waals surface area contributed by atoms with Gasteiger partial charge in [0.05, 0.1) is 17.4 Å². The van der Waals surface area contributed by atoms with Crippen molar-refractivity contribution in [3.63, 3.8) is 0 Å². The first-order valence-electron chi connectivity index (χ1n) is 13.7. The lowest BCUT2D eigenvalue weighted by molar-refractivity contribution is -0.195. The molecule has 1 unspecified atom stereocenters. The zero-order valence-corrected chi connectivity index (χ0v) is 22.9. The maximum atomic E-state index is 14.3. The predicted octanol–water partition coefficient (Wildman–Crippen LogP) is 6.15. The third-order valence-corrected chi connectivity index (χ3v) is 12.5. The molecule has 5 nitrogen and oxygen atoms in total. The normalized spacial score (nSPS) is 48.4. The van der Waals surface area contributed by atoms with Gasteiger partial charge in [-0.05, 0) is 72.8 Å². The van der Waals surface area contributed by atoms with Gasteiger partial charge in [0.15, 0.2) is 11.6 Å². The maximum absolute atomic E-state index is 14.3. The topological polar surface area (TPSA) is 95.2 Å². The number of nitriles is 1. The highest BCUT2D eigenvalue weighted by Crippen LogP contribution is 2.74. The van der Waals surface area contributed by atoms with Crippen molar-refractivity contribution in [2.24, 2.45) is 56.2 Å². The Morgan fingerprint density at radius 3 is 2.25 bits per heavy atom. The second-order valence-corrected chi connectivity index (χ2v) is 14.6. The van der Waals surface area contributed by atoms with Gasteiger partial charge in [0.25, 0.3) is 0 Å². The molecule has 0 spiro atoms. The Labute approximate surface area is 215 Å². The monoisotopic (exact) mass is 491 g/mol. The maximum Gasteiger partial charge on any atom is 0.309 e. The summed E-state index contributed by atoms with van der Waals surface area (Å²) in [5.41, 5.74) is -1.94. The Morgan fingerprint density at radius 2 is 1.64 bits per heavy atom. The molecule has 0 aromatic heterocycles. The second-order valence-electron chi connectivity index (χ2n) is 14.6. The third-order valence-electron chi connectivity index (χ3n) is 12.5. The molecule has 0 bridgehead atoms. The summed E-state index contributed by atoms with van der Waals surface area (Å²) < 4.78 is 0. The van der Waals surface area contributed by atoms with Crippen LogP contribution in [-0.2, 0) is 14.4 Å². The third kappa shape index (κ3) is 2.74. The lowest BCUT2D eigenvalue weighted by Crippen LogP contribution is -2.67. The van der Waals surface area contributed by atoms with Crippen LogP contribution in [0.2, 0.25) is 0 Å². The fourth-order valence-electron chi connectivity index (χ4n) is 9.97. The molecule has 5 rings (SSSR count). The standard InChI is InChI=1S/C31H41NO4/c1-26(2)12-14-31(25(35)36)15-13-30(7)24(23(31)18(26)17-32)19(33)16-21-28(5)10-9-22(34)27(3,4)20(28)8-11-29(21,30)6/h9-10,16,18,20,23-24H,8,11-15H2,1-7H3,(H,35,36)/t18?,20-,23-,24+,28-,29+,30+,31-/m0/s1. The van der Waals surface area contributed by atoms with Crippen LogP contribution in [0.25, 0.3) is 0 Å². The summed E-state index contributed by atoms with van der Waals surface area (Å²) in [5, 5.41) is 21.0. The molecule has 1 N–H and O–H groups in total. The van der Waals surface area contributed by atoms with Gasteiger partial charge in [-0.15, -0.1) is 0 Å². The Morgan fingerprint density at radius 1 is 1.00 bits per heavy atom. The van der Waals surface area contributed by atoms with Crippen LogP contribution >= 0.6 is 0 Å². The predicted molar refractivity (Wildman–Crippen MR) is 136 cm³/mol. The summed E-state index contributed by atoms with van der Waals surface area (Å²) in [6.45, 7) is 14.9. The minimum Gasteiger partial charge on any atom is -0.481 e. The highest BCUT2D eigenvalue weighted by Gasteiger charge is 2.72. The minimum atomic E-state index is -1.03. The molecule has 194 valence electrons. The van der Waals surface area contributed by atoms with Gasteiger partial charge >= 0.3 is 5.97 Å². The quantitative estimate of drug-likeness (QED) is 0.475. The number of carbonyl (C=O) groups excluding carboxylic acids is 2. The molecule has 0 aromatic rings. The van der Waals surface area contributed by atoms with E-state index in [4.69, 9.17) is 0 Å². The van der Waals surface area contributed by atoms with Crippen molar-refractivity contribution >= 4 is 17.5 Å². The summed E-state index contributed by atoms with van der Waals surface area (Å²) in [6, 6.07) is 2.51. The van der Waals surface area contributed by atoms with Crippen LogP contribution < -0.4 is 0 Å². The fraction of sp³-hybridized carbons (Fsp3) is 0.742. The first-order chi connectivity index (χ1) is 16.5. The molecule has 5 heteroatoms. The van der Waals surface area contributed by atoms with E-state index in [0.29, 0.717) is 25.7 Å². The molecule has 0 saturated heterocycles. The van der Waals surface area contributed by atoms with Crippen LogP contribution in [0.15, 0.2) is 23.8 Å². The smallest absolute Gasteiger partial charge is 0.309 e. The number of rotatable bonds is 1. The number of ketones is 2. The largest absolute Gasteiger partial charge is 0.481 e. The molecule has 3 fully saturated rings. The van der Waals surface area contributed by atoms with Crippen molar-refractivity contribution in [1.29, 1.82) is 5.26 Å². The molecule has 0 radical (unpaired) electrons.